The number of carbonyl (C=O) groups excluding carboxylic acids is 2. The molecule has 134 valence electrons. The number of nitrogens with zero attached hydrogens (tertiary/aromatic N) is 2. The fourth-order valence-electron chi connectivity index (χ4n) is 2.71. The lowest BCUT2D eigenvalue weighted by atomic mass is 10.1. The van der Waals surface area contributed by atoms with Gasteiger partial charge in [0.1, 0.15) is 0 Å². The fraction of sp³-hybridized carbons (Fsp3) is 0.250. The highest BCUT2D eigenvalue weighted by atomic mass is 32.1. The van der Waals surface area contributed by atoms with Crippen molar-refractivity contribution in [2.24, 2.45) is 0 Å². The molecule has 0 aliphatic heterocycles. The summed E-state index contributed by atoms with van der Waals surface area (Å²) in [5.41, 5.74) is 4.51. The number of likely N-dealkylation sites (N-methyl/N-ethyl adjacent to an activating group) is 1. The summed E-state index contributed by atoms with van der Waals surface area (Å²) in [4.78, 5) is 30.4. The second kappa shape index (κ2) is 7.25. The van der Waals surface area contributed by atoms with Crippen LogP contribution in [0, 0.1) is 13.8 Å². The molecule has 0 unspecified atom stereocenters. The summed E-state index contributed by atoms with van der Waals surface area (Å²) in [6.07, 6.45) is 0. The number of amides is 1. The maximum absolute atomic E-state index is 12.4. The first-order valence-electron chi connectivity index (χ1n) is 8.34. The van der Waals surface area contributed by atoms with E-state index in [2.05, 4.69) is 24.4 Å². The minimum absolute atomic E-state index is 0.0292. The highest BCUT2D eigenvalue weighted by molar-refractivity contribution is 7.22. The molecular formula is C20H21N3O2S. The Kier molecular flexibility index (Phi) is 5.04. The van der Waals surface area contributed by atoms with Gasteiger partial charge in [-0.25, -0.2) is 4.98 Å². The lowest BCUT2D eigenvalue weighted by Crippen LogP contribution is -2.30. The molecule has 0 aliphatic carbocycles. The van der Waals surface area contributed by atoms with Crippen LogP contribution in [0.15, 0.2) is 36.4 Å². The molecule has 0 atom stereocenters. The van der Waals surface area contributed by atoms with Gasteiger partial charge in [-0.15, -0.1) is 0 Å². The van der Waals surface area contributed by atoms with Crippen LogP contribution in [-0.4, -0.2) is 30.3 Å². The molecule has 0 saturated heterocycles. The van der Waals surface area contributed by atoms with Gasteiger partial charge in [0.25, 0.3) is 0 Å². The molecule has 26 heavy (non-hydrogen) atoms. The molecule has 2 aromatic carbocycles. The van der Waals surface area contributed by atoms with E-state index in [0.29, 0.717) is 11.3 Å². The molecule has 0 bridgehead atoms. The molecule has 1 aromatic heterocycles. The first kappa shape index (κ1) is 18.1. The van der Waals surface area contributed by atoms with E-state index in [4.69, 9.17) is 4.98 Å². The van der Waals surface area contributed by atoms with Gasteiger partial charge in [-0.2, -0.15) is 0 Å². The van der Waals surface area contributed by atoms with Crippen LogP contribution in [0.25, 0.3) is 10.2 Å². The summed E-state index contributed by atoms with van der Waals surface area (Å²) < 4.78 is 1.15. The largest absolute Gasteiger partial charge is 0.342 e. The number of fused-ring (bicyclic) bond motifs is 1. The molecule has 1 N–H and O–H groups in total. The molecule has 6 heteroatoms. The summed E-state index contributed by atoms with van der Waals surface area (Å²) in [6.45, 7) is 5.80. The Morgan fingerprint density at radius 3 is 2.58 bits per heavy atom. The topological polar surface area (TPSA) is 62.3 Å². The minimum atomic E-state index is -0.152. The van der Waals surface area contributed by atoms with Crippen LogP contribution in [-0.2, 0) is 4.79 Å². The van der Waals surface area contributed by atoms with E-state index in [9.17, 15) is 9.59 Å². The minimum Gasteiger partial charge on any atom is -0.342 e. The van der Waals surface area contributed by atoms with Crippen LogP contribution >= 0.6 is 11.3 Å². The Bertz CT molecular complexity index is 955. The lowest BCUT2D eigenvalue weighted by molar-refractivity contribution is -0.114. The maximum atomic E-state index is 12.4. The molecule has 1 heterocycles. The number of hydrogen-bond acceptors (Lipinski definition) is 5. The van der Waals surface area contributed by atoms with Crippen molar-refractivity contribution < 1.29 is 9.59 Å². The third-order valence-corrected chi connectivity index (χ3v) is 5.50. The lowest BCUT2D eigenvalue weighted by Gasteiger charge is -2.15. The average molecular weight is 367 g/mol. The summed E-state index contributed by atoms with van der Waals surface area (Å²) in [7, 11) is 1.86. The van der Waals surface area contributed by atoms with Crippen LogP contribution in [0.1, 0.15) is 28.4 Å². The molecule has 0 fully saturated rings. The summed E-state index contributed by atoms with van der Waals surface area (Å²) in [5, 5.41) is 3.65. The Morgan fingerprint density at radius 2 is 1.88 bits per heavy atom. The molecule has 3 rings (SSSR count). The van der Waals surface area contributed by atoms with E-state index in [1.54, 1.807) is 35.6 Å². The van der Waals surface area contributed by atoms with Crippen LogP contribution in [0.3, 0.4) is 0 Å². The summed E-state index contributed by atoms with van der Waals surface area (Å²) in [5.74, 6) is -0.181. The molecule has 0 radical (unpaired) electrons. The molecule has 1 amide bonds. The van der Waals surface area contributed by atoms with Crippen molar-refractivity contribution in [1.29, 1.82) is 0 Å². The van der Waals surface area contributed by atoms with Gasteiger partial charge in [-0.05, 0) is 44.0 Å². The van der Waals surface area contributed by atoms with Crippen LogP contribution in [0.2, 0.25) is 0 Å². The predicted octanol–water partition coefficient (Wildman–Crippen LogP) is 4.19. The number of benzene rings is 2. The van der Waals surface area contributed by atoms with Gasteiger partial charge < -0.3 is 10.2 Å². The number of ketones is 1. The number of anilines is 2. The fourth-order valence-corrected chi connectivity index (χ4v) is 3.78. The van der Waals surface area contributed by atoms with Crippen molar-refractivity contribution in [1.82, 2.24) is 4.98 Å². The maximum Gasteiger partial charge on any atom is 0.243 e. The standard InChI is InChI=1S/C20H21N3O2S/c1-12-8-9-13(2)19-18(12)22-20(26-19)23(4)11-17(25)21-16-7-5-6-15(10-16)14(3)24/h5-10H,11H2,1-4H3,(H,21,25). The number of thiazole rings is 1. The van der Waals surface area contributed by atoms with Crippen molar-refractivity contribution in [2.45, 2.75) is 20.8 Å². The van der Waals surface area contributed by atoms with E-state index < -0.39 is 0 Å². The van der Waals surface area contributed by atoms with Crippen molar-refractivity contribution in [3.05, 3.63) is 53.1 Å². The smallest absolute Gasteiger partial charge is 0.243 e. The number of aromatic nitrogens is 1. The van der Waals surface area contributed by atoms with E-state index in [0.717, 1.165) is 20.9 Å². The number of aryl methyl sites for hydroxylation is 2. The number of Topliss-reactive ketones (excluding diaryl/α,β-unsaturated/α-hetero) is 1. The van der Waals surface area contributed by atoms with Gasteiger partial charge in [-0.1, -0.05) is 35.6 Å². The highest BCUT2D eigenvalue weighted by Gasteiger charge is 2.14. The van der Waals surface area contributed by atoms with Crippen LogP contribution < -0.4 is 10.2 Å². The number of hydrogen-bond donors (Lipinski definition) is 1. The van der Waals surface area contributed by atoms with Crippen molar-refractivity contribution >= 4 is 44.1 Å². The second-order valence-corrected chi connectivity index (χ2v) is 7.39. The normalized spacial score (nSPS) is 10.8. The Labute approximate surface area is 156 Å². The Balaban J connectivity index is 1.73. The van der Waals surface area contributed by atoms with Gasteiger partial charge in [0, 0.05) is 18.3 Å². The number of carbonyl (C=O) groups is 2. The van der Waals surface area contributed by atoms with Gasteiger partial charge >= 0.3 is 0 Å². The van der Waals surface area contributed by atoms with Crippen molar-refractivity contribution in [3.63, 3.8) is 0 Å². The van der Waals surface area contributed by atoms with Gasteiger partial charge in [0.05, 0.1) is 16.8 Å². The first-order chi connectivity index (χ1) is 12.3. The van der Waals surface area contributed by atoms with Gasteiger partial charge in [-0.3, -0.25) is 9.59 Å². The van der Waals surface area contributed by atoms with Gasteiger partial charge in [0.15, 0.2) is 10.9 Å². The second-order valence-electron chi connectivity index (χ2n) is 6.41. The van der Waals surface area contributed by atoms with Crippen molar-refractivity contribution in [3.8, 4) is 0 Å². The Morgan fingerprint density at radius 1 is 1.15 bits per heavy atom. The molecule has 0 saturated carbocycles. The average Bonchev–Trinajstić information content (AvgIpc) is 3.05. The SMILES string of the molecule is CC(=O)c1cccc(NC(=O)CN(C)c2nc3c(C)ccc(C)c3s2)c1. The molecule has 3 aromatic rings. The van der Waals surface area contributed by atoms with E-state index in [1.807, 2.05) is 18.9 Å². The summed E-state index contributed by atoms with van der Waals surface area (Å²) >= 11 is 1.59. The first-order valence-corrected chi connectivity index (χ1v) is 9.15. The molecular weight excluding hydrogens is 346 g/mol. The molecule has 0 spiro atoms. The number of nitrogens with one attached hydrogen (secondary N) is 1. The Hall–Kier alpha value is -2.73. The zero-order chi connectivity index (χ0) is 18.8. The number of rotatable bonds is 5. The monoisotopic (exact) mass is 367 g/mol. The van der Waals surface area contributed by atoms with E-state index >= 15 is 0 Å². The van der Waals surface area contributed by atoms with Crippen molar-refractivity contribution in [2.75, 3.05) is 23.8 Å². The van der Waals surface area contributed by atoms with Crippen LogP contribution in [0.5, 0.6) is 0 Å². The predicted molar refractivity (Wildman–Crippen MR) is 107 cm³/mol. The van der Waals surface area contributed by atoms with E-state index in [1.165, 1.54) is 12.5 Å². The zero-order valence-corrected chi connectivity index (χ0v) is 16.1. The van der Waals surface area contributed by atoms with E-state index in [-0.39, 0.29) is 18.2 Å². The quantitative estimate of drug-likeness (QED) is 0.687. The van der Waals surface area contributed by atoms with Gasteiger partial charge in [0.2, 0.25) is 5.91 Å². The third-order valence-electron chi connectivity index (χ3n) is 4.19. The highest BCUT2D eigenvalue weighted by Crippen LogP contribution is 2.32. The summed E-state index contributed by atoms with van der Waals surface area (Å²) in [6, 6.07) is 11.1. The third kappa shape index (κ3) is 3.75. The molecule has 0 aliphatic rings. The van der Waals surface area contributed by atoms with Crippen LogP contribution in [0.4, 0.5) is 10.8 Å². The zero-order valence-electron chi connectivity index (χ0n) is 15.3. The molecule has 5 nitrogen and oxygen atoms in total.